The lowest BCUT2D eigenvalue weighted by Gasteiger charge is -2.28. The maximum absolute atomic E-state index is 15.9. The number of imide groups is 2. The number of rotatable bonds is 11. The van der Waals surface area contributed by atoms with Crippen LogP contribution in [0.15, 0.2) is 34.3 Å². The molecule has 0 radical (unpaired) electrons. The number of hydrogen-bond acceptors (Lipinski definition) is 20. The minimum atomic E-state index is -1.01. The summed E-state index contributed by atoms with van der Waals surface area (Å²) in [7, 11) is 0. The van der Waals surface area contributed by atoms with E-state index >= 15 is 8.78 Å². The van der Waals surface area contributed by atoms with Gasteiger partial charge in [0.15, 0.2) is 34.0 Å². The number of aliphatic carboxylic acids is 1. The Bertz CT molecular complexity index is 3950. The lowest BCUT2D eigenvalue weighted by Crippen LogP contribution is -2.44. The first-order valence-corrected chi connectivity index (χ1v) is 32.1. The summed E-state index contributed by atoms with van der Waals surface area (Å²) in [5, 5.41) is 13.0. The van der Waals surface area contributed by atoms with Gasteiger partial charge in [-0.05, 0) is 154 Å². The second-order valence-electron chi connectivity index (χ2n) is 28.3. The predicted molar refractivity (Wildman–Crippen MR) is 344 cm³/mol. The number of nitrogens with zero attached hydrogens (tertiary/aromatic N) is 12. The van der Waals surface area contributed by atoms with Crippen LogP contribution in [0.2, 0.25) is 0 Å². The number of carboxylic acids is 1. The number of halogens is 4. The molecule has 5 amide bonds. The standard InChI is InChI=1S/C33H41BrFN7O6.C30H36BrFN6O7/c1-31(2,3)47-29(44)42(30(45)48-32(4,5)6)27-23-26(36-16-37-27)41(17-38-23)14-20-21(34)22(35)19-10-13-46-25(19)24(20)40-12-11-33(7,15-40)28(43)39-18-8-9-18;1-28(2,3)44-26(41)38(27(42)45-29(4,5)6)24-20-23(33-14-34-24)37(15-35-20)12-17-18(31)19(32)16-8-11-43-22(16)21(17)36-10-9-30(7,13-36)25(39)40/h16-18H,8-15H2,1-7H3,(H,39,43);14-15H,8-13H2,1-7H3,(H,39,40)/t33-;30-/m00/s1. The first-order chi connectivity index (χ1) is 43.4. The summed E-state index contributed by atoms with van der Waals surface area (Å²) in [6.07, 6.45) is 5.17. The zero-order valence-corrected chi connectivity index (χ0v) is 57.7. The third kappa shape index (κ3) is 14.3. The molecule has 2 saturated heterocycles. The number of carboxylic acid groups (broad SMARTS) is 1. The maximum atomic E-state index is 15.9. The monoisotopic (exact) mass is 1420 g/mol. The predicted octanol–water partition coefficient (Wildman–Crippen LogP) is 11.6. The maximum Gasteiger partial charge on any atom is 0.425 e. The van der Waals surface area contributed by atoms with Crippen LogP contribution in [0.5, 0.6) is 11.5 Å². The molecule has 11 rings (SSSR count). The fraction of sp³-hybridized carbons (Fsp3) is 0.556. The van der Waals surface area contributed by atoms with Gasteiger partial charge in [-0.3, -0.25) is 9.59 Å². The van der Waals surface area contributed by atoms with E-state index in [0.717, 1.165) is 12.8 Å². The van der Waals surface area contributed by atoms with Gasteiger partial charge in [-0.25, -0.2) is 57.9 Å². The van der Waals surface area contributed by atoms with Crippen LogP contribution < -0.4 is 34.4 Å². The molecule has 0 spiro atoms. The molecule has 1 aliphatic carbocycles. The molecule has 8 heterocycles. The number of amides is 5. The van der Waals surface area contributed by atoms with Gasteiger partial charge in [-0.2, -0.15) is 9.80 Å². The number of nitrogens with one attached hydrogen (secondary N) is 1. The topological polar surface area (TPSA) is 290 Å². The number of fused-ring (bicyclic) bond motifs is 4. The lowest BCUT2D eigenvalue weighted by atomic mass is 9.88. The fourth-order valence-electron chi connectivity index (χ4n) is 11.3. The summed E-state index contributed by atoms with van der Waals surface area (Å²) in [6, 6.07) is 0.245. The number of imidazole rings is 2. The van der Waals surface area contributed by atoms with Gasteiger partial charge in [0.05, 0.1) is 70.1 Å². The van der Waals surface area contributed by atoms with Gasteiger partial charge in [0.2, 0.25) is 5.91 Å². The van der Waals surface area contributed by atoms with Crippen LogP contribution in [0, 0.1) is 22.5 Å². The minimum Gasteiger partial charge on any atom is -0.491 e. The van der Waals surface area contributed by atoms with Gasteiger partial charge in [0.1, 0.15) is 58.2 Å². The van der Waals surface area contributed by atoms with Gasteiger partial charge >= 0.3 is 30.3 Å². The van der Waals surface area contributed by atoms with E-state index in [1.807, 2.05) is 11.8 Å². The average molecular weight is 1420 g/mol. The molecule has 0 unspecified atom stereocenters. The van der Waals surface area contributed by atoms with Crippen molar-refractivity contribution in [3.8, 4) is 11.5 Å². The van der Waals surface area contributed by atoms with Crippen LogP contribution >= 0.6 is 31.9 Å². The second kappa shape index (κ2) is 25.0. The number of benzene rings is 2. The smallest absolute Gasteiger partial charge is 0.425 e. The molecule has 2 N–H and O–H groups in total. The Morgan fingerprint density at radius 2 is 0.968 bits per heavy atom. The molecule has 3 fully saturated rings. The average Bonchev–Trinajstić information content (AvgIpc) is 1.66. The second-order valence-corrected chi connectivity index (χ2v) is 29.9. The molecule has 2 atom stereocenters. The Balaban J connectivity index is 0.000000204. The van der Waals surface area contributed by atoms with E-state index in [9.17, 15) is 33.9 Å². The molecular formula is C63H77Br2F2N13O13. The third-order valence-electron chi connectivity index (χ3n) is 15.9. The number of carbonyl (C=O) groups excluding carboxylic acids is 5. The van der Waals surface area contributed by atoms with Gasteiger partial charge in [-0.15, -0.1) is 0 Å². The normalized spacial score (nSPS) is 18.7. The lowest BCUT2D eigenvalue weighted by molar-refractivity contribution is -0.146. The van der Waals surface area contributed by atoms with Gasteiger partial charge in [0, 0.05) is 67.3 Å². The van der Waals surface area contributed by atoms with Crippen LogP contribution in [-0.4, -0.2) is 148 Å². The number of hydrogen-bond donors (Lipinski definition) is 2. The molecule has 2 aromatic carbocycles. The van der Waals surface area contributed by atoms with Crippen LogP contribution in [0.1, 0.15) is 145 Å². The van der Waals surface area contributed by atoms with E-state index in [0.29, 0.717) is 113 Å². The molecule has 1 saturated carbocycles. The van der Waals surface area contributed by atoms with Gasteiger partial charge in [0.25, 0.3) is 0 Å². The van der Waals surface area contributed by atoms with Gasteiger partial charge < -0.3 is 57.8 Å². The van der Waals surface area contributed by atoms with E-state index in [4.69, 9.17) is 28.4 Å². The largest absolute Gasteiger partial charge is 0.491 e. The highest BCUT2D eigenvalue weighted by molar-refractivity contribution is 9.10. The Kier molecular flexibility index (Phi) is 18.3. The van der Waals surface area contributed by atoms with Crippen molar-refractivity contribution in [2.24, 2.45) is 10.8 Å². The summed E-state index contributed by atoms with van der Waals surface area (Å²) in [6.45, 7) is 26.2. The number of anilines is 4. The Morgan fingerprint density at radius 3 is 1.31 bits per heavy atom. The Morgan fingerprint density at radius 1 is 0.602 bits per heavy atom. The minimum absolute atomic E-state index is 0.0251. The quantitative estimate of drug-likeness (QED) is 0.114. The van der Waals surface area contributed by atoms with Crippen molar-refractivity contribution in [2.45, 2.75) is 177 Å². The fourth-order valence-corrected chi connectivity index (χ4v) is 12.4. The number of carbonyl (C=O) groups is 6. The molecule has 26 nitrogen and oxygen atoms in total. The Hall–Kier alpha value is -8.02. The van der Waals surface area contributed by atoms with Crippen LogP contribution in [-0.2, 0) is 54.5 Å². The highest BCUT2D eigenvalue weighted by Crippen LogP contribution is 2.51. The van der Waals surface area contributed by atoms with Crippen molar-refractivity contribution in [2.75, 3.05) is 59.0 Å². The van der Waals surface area contributed by atoms with E-state index in [1.165, 1.54) is 25.3 Å². The molecule has 93 heavy (non-hydrogen) atoms. The molecule has 30 heteroatoms. The van der Waals surface area contributed by atoms with Crippen molar-refractivity contribution in [3.05, 3.63) is 68.1 Å². The van der Waals surface area contributed by atoms with E-state index in [-0.39, 0.29) is 74.5 Å². The summed E-state index contributed by atoms with van der Waals surface area (Å²) >= 11 is 7.00. The van der Waals surface area contributed by atoms with Gasteiger partial charge in [-0.1, -0.05) is 0 Å². The molecular weight excluding hydrogens is 1340 g/mol. The van der Waals surface area contributed by atoms with Crippen molar-refractivity contribution in [3.63, 3.8) is 0 Å². The summed E-state index contributed by atoms with van der Waals surface area (Å²) in [4.78, 5) is 110. The third-order valence-corrected chi connectivity index (χ3v) is 17.6. The zero-order valence-electron chi connectivity index (χ0n) is 54.5. The van der Waals surface area contributed by atoms with Crippen molar-refractivity contribution in [1.82, 2.24) is 44.4 Å². The molecule has 6 aromatic rings. The van der Waals surface area contributed by atoms with Crippen molar-refractivity contribution in [1.29, 1.82) is 0 Å². The first-order valence-electron chi connectivity index (χ1n) is 30.5. The van der Waals surface area contributed by atoms with E-state index in [1.54, 1.807) is 99.1 Å². The van der Waals surface area contributed by atoms with Crippen LogP contribution in [0.3, 0.4) is 0 Å². The molecule has 4 aliphatic heterocycles. The number of aromatic nitrogens is 8. The Labute approximate surface area is 552 Å². The van der Waals surface area contributed by atoms with E-state index in [2.05, 4.69) is 72.0 Å². The molecule has 4 aromatic heterocycles. The van der Waals surface area contributed by atoms with E-state index < -0.39 is 75.2 Å². The zero-order chi connectivity index (χ0) is 67.8. The first kappa shape index (κ1) is 67.9. The molecule has 500 valence electrons. The van der Waals surface area contributed by atoms with Crippen LogP contribution in [0.25, 0.3) is 22.3 Å². The van der Waals surface area contributed by atoms with Crippen molar-refractivity contribution >= 4 is 113 Å². The summed E-state index contributed by atoms with van der Waals surface area (Å²) in [5.74, 6) is -1.16. The van der Waals surface area contributed by atoms with Crippen molar-refractivity contribution < 1.29 is 71.1 Å². The van der Waals surface area contributed by atoms with Crippen LogP contribution in [0.4, 0.5) is 51.0 Å². The highest BCUT2D eigenvalue weighted by atomic mass is 79.9. The SMILES string of the molecule is CC(C)(C)OC(=O)N(C(=O)OC(C)(C)C)c1ncnc2c1ncn2Cc1c(Br)c(F)c2c(c1N1CC[C@](C)(C(=O)NC3CC3)C1)OCC2.CC(C)(C)OC(=O)N(C(=O)OC(C)(C)C)c1ncnc2c1ncn2Cc1c(Br)c(F)c2c(c1N1CC[C@](C)(C(=O)O)C1)OCC2. The summed E-state index contributed by atoms with van der Waals surface area (Å²) < 4.78 is 69.4. The highest BCUT2D eigenvalue weighted by Gasteiger charge is 2.47. The number of ether oxygens (including phenoxy) is 6. The molecule has 0 bridgehead atoms. The summed E-state index contributed by atoms with van der Waals surface area (Å²) in [5.41, 5.74) is -1.26. The molecule has 5 aliphatic rings.